The first-order valence-corrected chi connectivity index (χ1v) is 10.3. The fourth-order valence-electron chi connectivity index (χ4n) is 3.02. The summed E-state index contributed by atoms with van der Waals surface area (Å²) in [6, 6.07) is 15.6. The summed E-state index contributed by atoms with van der Waals surface area (Å²) in [4.78, 5) is 18.0. The number of carbonyl (C=O) groups excluding carboxylic acids is 1. The molecule has 1 heterocycles. The summed E-state index contributed by atoms with van der Waals surface area (Å²) >= 11 is 6.68. The van der Waals surface area contributed by atoms with Crippen molar-refractivity contribution in [2.75, 3.05) is 4.90 Å². The Labute approximate surface area is 173 Å². The van der Waals surface area contributed by atoms with Gasteiger partial charge in [-0.25, -0.2) is 0 Å². The number of H-pyrrole nitrogens is 1. The number of fused-ring (bicyclic) bond motifs is 1. The van der Waals surface area contributed by atoms with Gasteiger partial charge in [0.1, 0.15) is 11.6 Å². The molecule has 1 aromatic heterocycles. The third kappa shape index (κ3) is 4.22. The summed E-state index contributed by atoms with van der Waals surface area (Å²) in [5.74, 6) is -0.310. The van der Waals surface area contributed by atoms with Crippen LogP contribution in [-0.4, -0.2) is 16.9 Å². The van der Waals surface area contributed by atoms with Gasteiger partial charge in [-0.2, -0.15) is 5.26 Å². The molecule has 0 atom stereocenters. The minimum absolute atomic E-state index is 0.101. The van der Waals surface area contributed by atoms with E-state index in [1.807, 2.05) is 56.3 Å². The lowest BCUT2D eigenvalue weighted by molar-refractivity contribution is -0.115. The van der Waals surface area contributed by atoms with E-state index in [4.69, 9.17) is 12.2 Å². The average molecular weight is 408 g/mol. The fourth-order valence-corrected chi connectivity index (χ4v) is 4.17. The van der Waals surface area contributed by atoms with Crippen molar-refractivity contribution in [2.24, 2.45) is 0 Å². The van der Waals surface area contributed by atoms with Crippen LogP contribution in [-0.2, 0) is 11.2 Å². The van der Waals surface area contributed by atoms with Crippen LogP contribution in [0.1, 0.15) is 31.9 Å². The predicted molar refractivity (Wildman–Crippen MR) is 119 cm³/mol. The van der Waals surface area contributed by atoms with E-state index in [0.717, 1.165) is 27.9 Å². The Morgan fingerprint density at radius 1 is 1.29 bits per heavy atom. The zero-order chi connectivity index (χ0) is 20.3. The number of aryl methyl sites for hydroxylation is 1. The zero-order valence-corrected chi connectivity index (χ0v) is 17.7. The Morgan fingerprint density at radius 3 is 2.61 bits per heavy atom. The van der Waals surface area contributed by atoms with Gasteiger partial charge in [0.05, 0.1) is 10.2 Å². The molecule has 1 N–H and O–H groups in total. The molecule has 3 aromatic rings. The number of benzene rings is 2. The maximum Gasteiger partial charge on any atom is 0.269 e. The summed E-state index contributed by atoms with van der Waals surface area (Å²) in [6.45, 7) is 5.96. The summed E-state index contributed by atoms with van der Waals surface area (Å²) in [6.07, 6.45) is 2.60. The molecule has 1 amide bonds. The Bertz CT molecular complexity index is 1130. The summed E-state index contributed by atoms with van der Waals surface area (Å²) in [7, 11) is 0. The third-order valence-corrected chi connectivity index (χ3v) is 5.66. The monoisotopic (exact) mass is 407 g/mol. The number of carbonyl (C=O) groups is 1. The SMILES string of the molecule is CCc1ccc(/C=C(/C#N)C(=O)N(c2ccc3[nH]c(=S)sc3c2)C(C)C)cc1. The second-order valence-corrected chi connectivity index (χ2v) is 8.45. The molecule has 4 nitrogen and oxygen atoms in total. The molecule has 0 spiro atoms. The average Bonchev–Trinajstić information content (AvgIpc) is 3.05. The van der Waals surface area contributed by atoms with Crippen molar-refractivity contribution in [2.45, 2.75) is 33.2 Å². The van der Waals surface area contributed by atoms with Crippen molar-refractivity contribution in [3.05, 3.63) is 63.1 Å². The second kappa shape index (κ2) is 8.51. The number of nitrogens with zero attached hydrogens (tertiary/aromatic N) is 2. The van der Waals surface area contributed by atoms with Crippen LogP contribution in [0.3, 0.4) is 0 Å². The smallest absolute Gasteiger partial charge is 0.269 e. The summed E-state index contributed by atoms with van der Waals surface area (Å²) < 4.78 is 1.68. The third-order valence-electron chi connectivity index (χ3n) is 4.47. The number of hydrogen-bond donors (Lipinski definition) is 1. The molecule has 0 aliphatic carbocycles. The molecule has 28 heavy (non-hydrogen) atoms. The molecule has 2 aromatic carbocycles. The van der Waals surface area contributed by atoms with Crippen molar-refractivity contribution in [3.63, 3.8) is 0 Å². The van der Waals surface area contributed by atoms with Gasteiger partial charge in [-0.15, -0.1) is 11.3 Å². The maximum atomic E-state index is 13.2. The van der Waals surface area contributed by atoms with Crippen LogP contribution in [0.2, 0.25) is 0 Å². The van der Waals surface area contributed by atoms with E-state index in [-0.39, 0.29) is 17.5 Å². The molecule has 0 unspecified atom stereocenters. The highest BCUT2D eigenvalue weighted by atomic mass is 32.1. The van der Waals surface area contributed by atoms with Crippen LogP contribution >= 0.6 is 23.6 Å². The first-order chi connectivity index (χ1) is 13.4. The first-order valence-electron chi connectivity index (χ1n) is 9.10. The Morgan fingerprint density at radius 2 is 2.00 bits per heavy atom. The molecule has 3 rings (SSSR count). The molecule has 6 heteroatoms. The van der Waals surface area contributed by atoms with Gasteiger partial charge >= 0.3 is 0 Å². The summed E-state index contributed by atoms with van der Waals surface area (Å²) in [5.41, 5.74) is 3.86. The van der Waals surface area contributed by atoms with E-state index in [2.05, 4.69) is 18.0 Å². The number of thiazole rings is 1. The molecule has 0 saturated heterocycles. The Balaban J connectivity index is 1.98. The van der Waals surface area contributed by atoms with Gasteiger partial charge in [0, 0.05) is 11.7 Å². The maximum absolute atomic E-state index is 13.2. The normalized spacial score (nSPS) is 11.6. The van der Waals surface area contributed by atoms with E-state index in [1.165, 1.54) is 16.9 Å². The number of hydrogen-bond acceptors (Lipinski definition) is 4. The van der Waals surface area contributed by atoms with Gasteiger partial charge in [-0.05, 0) is 67.9 Å². The lowest BCUT2D eigenvalue weighted by atomic mass is 10.1. The first kappa shape index (κ1) is 20.0. The molecule has 142 valence electrons. The van der Waals surface area contributed by atoms with Crippen LogP contribution in [0.5, 0.6) is 0 Å². The highest BCUT2D eigenvalue weighted by Gasteiger charge is 2.23. The quantitative estimate of drug-likeness (QED) is 0.327. The van der Waals surface area contributed by atoms with E-state index in [0.29, 0.717) is 3.95 Å². The van der Waals surface area contributed by atoms with E-state index < -0.39 is 0 Å². The number of aromatic nitrogens is 1. The highest BCUT2D eigenvalue weighted by molar-refractivity contribution is 7.73. The second-order valence-electron chi connectivity index (χ2n) is 6.73. The number of anilines is 1. The minimum atomic E-state index is -0.310. The lowest BCUT2D eigenvalue weighted by Crippen LogP contribution is -2.37. The molecule has 0 saturated carbocycles. The molecule has 0 aliphatic rings. The van der Waals surface area contributed by atoms with Gasteiger partial charge in [-0.3, -0.25) is 4.79 Å². The predicted octanol–water partition coefficient (Wildman–Crippen LogP) is 5.87. The molecule has 0 radical (unpaired) electrons. The van der Waals surface area contributed by atoms with Crippen molar-refractivity contribution in [1.82, 2.24) is 4.98 Å². The van der Waals surface area contributed by atoms with Crippen LogP contribution in [0.25, 0.3) is 16.3 Å². The van der Waals surface area contributed by atoms with Gasteiger partial charge < -0.3 is 9.88 Å². The van der Waals surface area contributed by atoms with Gasteiger partial charge in [-0.1, -0.05) is 31.2 Å². The molecule has 0 fully saturated rings. The topological polar surface area (TPSA) is 59.9 Å². The number of nitriles is 1. The minimum Gasteiger partial charge on any atom is -0.337 e. The Hall–Kier alpha value is -2.75. The molecular formula is C22H21N3OS2. The van der Waals surface area contributed by atoms with Crippen molar-refractivity contribution in [1.29, 1.82) is 5.26 Å². The van der Waals surface area contributed by atoms with Crippen molar-refractivity contribution >= 4 is 51.4 Å². The largest absolute Gasteiger partial charge is 0.337 e. The zero-order valence-electron chi connectivity index (χ0n) is 16.0. The van der Waals surface area contributed by atoms with E-state index in [1.54, 1.807) is 11.0 Å². The molecule has 0 bridgehead atoms. The van der Waals surface area contributed by atoms with E-state index in [9.17, 15) is 10.1 Å². The number of amides is 1. The van der Waals surface area contributed by atoms with Gasteiger partial charge in [0.25, 0.3) is 5.91 Å². The number of aromatic amines is 1. The molecular weight excluding hydrogens is 386 g/mol. The van der Waals surface area contributed by atoms with Crippen LogP contribution < -0.4 is 4.90 Å². The van der Waals surface area contributed by atoms with Crippen LogP contribution in [0.15, 0.2) is 48.0 Å². The van der Waals surface area contributed by atoms with E-state index >= 15 is 0 Å². The highest BCUT2D eigenvalue weighted by Crippen LogP contribution is 2.28. The van der Waals surface area contributed by atoms with Crippen LogP contribution in [0.4, 0.5) is 5.69 Å². The Kier molecular flexibility index (Phi) is 6.08. The molecule has 0 aliphatic heterocycles. The van der Waals surface area contributed by atoms with Gasteiger partial charge in [0.15, 0.2) is 3.95 Å². The fraction of sp³-hybridized carbons (Fsp3) is 0.227. The number of rotatable bonds is 5. The van der Waals surface area contributed by atoms with Crippen molar-refractivity contribution < 1.29 is 4.79 Å². The van der Waals surface area contributed by atoms with Crippen LogP contribution in [0, 0.1) is 15.3 Å². The lowest BCUT2D eigenvalue weighted by Gasteiger charge is -2.26. The standard InChI is InChI=1S/C22H21N3OS2/c1-4-15-5-7-16(8-6-15)11-17(13-23)21(26)25(14(2)3)18-9-10-19-20(12-18)28-22(27)24-19/h5-12,14H,4H2,1-3H3,(H,24,27)/b17-11-. The van der Waals surface area contributed by atoms with Gasteiger partial charge in [0.2, 0.25) is 0 Å². The number of nitrogens with one attached hydrogen (secondary N) is 1. The summed E-state index contributed by atoms with van der Waals surface area (Å²) in [5, 5.41) is 9.63. The van der Waals surface area contributed by atoms with Crippen molar-refractivity contribution in [3.8, 4) is 6.07 Å².